The van der Waals surface area contributed by atoms with Crippen LogP contribution in [-0.2, 0) is 14.3 Å². The van der Waals surface area contributed by atoms with E-state index in [4.69, 9.17) is 5.73 Å². The second kappa shape index (κ2) is 7.32. The molecule has 1 aromatic rings. The Hall–Kier alpha value is -2.51. The number of benzene rings is 1. The molecule has 2 amide bonds. The minimum absolute atomic E-state index is 0.102. The van der Waals surface area contributed by atoms with Gasteiger partial charge in [0, 0.05) is 6.07 Å². The number of amides is 2. The van der Waals surface area contributed by atoms with Crippen molar-refractivity contribution in [3.63, 3.8) is 0 Å². The second-order valence-corrected chi connectivity index (χ2v) is 4.06. The fourth-order valence-corrected chi connectivity index (χ4v) is 1.52. The van der Waals surface area contributed by atoms with Crippen LogP contribution in [0.3, 0.4) is 0 Å². The maximum atomic E-state index is 13.4. The van der Waals surface area contributed by atoms with Crippen molar-refractivity contribution < 1.29 is 27.9 Å². The van der Waals surface area contributed by atoms with Crippen LogP contribution in [0.2, 0.25) is 0 Å². The third-order valence-corrected chi connectivity index (χ3v) is 2.50. The summed E-state index contributed by atoms with van der Waals surface area (Å²) in [5.41, 5.74) is 4.59. The first kappa shape index (κ1) is 16.5. The first-order valence-electron chi connectivity index (χ1n) is 6.06. The normalized spacial score (nSPS) is 11.6. The van der Waals surface area contributed by atoms with Crippen molar-refractivity contribution in [2.75, 3.05) is 6.61 Å². The van der Waals surface area contributed by atoms with E-state index in [9.17, 15) is 23.2 Å². The minimum atomic E-state index is -1.35. The molecule has 21 heavy (non-hydrogen) atoms. The number of nitrogens with two attached hydrogens (primary N) is 1. The number of carbonyl (C=O) groups excluding carboxylic acids is 3. The van der Waals surface area contributed by atoms with E-state index in [1.54, 1.807) is 6.92 Å². The summed E-state index contributed by atoms with van der Waals surface area (Å²) >= 11 is 0. The molecule has 0 heterocycles. The van der Waals surface area contributed by atoms with Crippen molar-refractivity contribution >= 4 is 17.8 Å². The van der Waals surface area contributed by atoms with Gasteiger partial charge in [0.15, 0.2) is 0 Å². The summed E-state index contributed by atoms with van der Waals surface area (Å²) in [4.78, 5) is 34.3. The van der Waals surface area contributed by atoms with E-state index in [0.717, 1.165) is 12.1 Å². The smallest absolute Gasteiger partial charge is 0.308 e. The van der Waals surface area contributed by atoms with Gasteiger partial charge in [0.1, 0.15) is 17.7 Å². The zero-order valence-electron chi connectivity index (χ0n) is 11.2. The van der Waals surface area contributed by atoms with Crippen molar-refractivity contribution in [2.24, 2.45) is 5.73 Å². The molecule has 0 saturated heterocycles. The molecule has 0 aliphatic rings. The molecule has 0 unspecified atom stereocenters. The Morgan fingerprint density at radius 2 is 2.00 bits per heavy atom. The zero-order chi connectivity index (χ0) is 16.0. The number of primary amides is 1. The predicted octanol–water partition coefficient (Wildman–Crippen LogP) is 0.502. The second-order valence-electron chi connectivity index (χ2n) is 4.06. The molecule has 114 valence electrons. The SMILES string of the molecule is CCOC(=O)C[C@@H](NC(=O)c1ccc(F)cc1F)C(N)=O. The molecule has 1 aromatic carbocycles. The molecule has 6 nitrogen and oxygen atoms in total. The van der Waals surface area contributed by atoms with E-state index in [0.29, 0.717) is 6.07 Å². The van der Waals surface area contributed by atoms with Crippen molar-refractivity contribution in [3.8, 4) is 0 Å². The average Bonchev–Trinajstić information content (AvgIpc) is 2.37. The maximum Gasteiger partial charge on any atom is 0.308 e. The summed E-state index contributed by atoms with van der Waals surface area (Å²) in [6.07, 6.45) is -0.474. The predicted molar refractivity (Wildman–Crippen MR) is 68.1 cm³/mol. The zero-order valence-corrected chi connectivity index (χ0v) is 11.2. The number of ether oxygens (including phenoxy) is 1. The van der Waals surface area contributed by atoms with Gasteiger partial charge in [0.25, 0.3) is 5.91 Å². The van der Waals surface area contributed by atoms with Gasteiger partial charge in [-0.1, -0.05) is 0 Å². The Balaban J connectivity index is 2.81. The van der Waals surface area contributed by atoms with Gasteiger partial charge in [-0.15, -0.1) is 0 Å². The lowest BCUT2D eigenvalue weighted by Gasteiger charge is -2.15. The van der Waals surface area contributed by atoms with E-state index in [1.807, 2.05) is 0 Å². The Bertz CT molecular complexity index is 563. The van der Waals surface area contributed by atoms with Gasteiger partial charge in [-0.05, 0) is 19.1 Å². The summed E-state index contributed by atoms with van der Waals surface area (Å²) < 4.78 is 30.8. The fourth-order valence-electron chi connectivity index (χ4n) is 1.52. The highest BCUT2D eigenvalue weighted by Gasteiger charge is 2.24. The number of nitrogens with one attached hydrogen (secondary N) is 1. The maximum absolute atomic E-state index is 13.4. The standard InChI is InChI=1S/C13H14F2N2O4/c1-2-21-11(18)6-10(12(16)19)17-13(20)8-4-3-7(14)5-9(8)15/h3-5,10H,2,6H2,1H3,(H2,16,19)(H,17,20)/t10-/m1/s1. The highest BCUT2D eigenvalue weighted by atomic mass is 19.1. The molecule has 3 N–H and O–H groups in total. The van der Waals surface area contributed by atoms with Gasteiger partial charge in [-0.2, -0.15) is 0 Å². The lowest BCUT2D eigenvalue weighted by molar-refractivity contribution is -0.145. The monoisotopic (exact) mass is 300 g/mol. The van der Waals surface area contributed by atoms with Crippen LogP contribution in [0.25, 0.3) is 0 Å². The summed E-state index contributed by atoms with van der Waals surface area (Å²) in [5.74, 6) is -4.63. The van der Waals surface area contributed by atoms with Crippen LogP contribution in [0.5, 0.6) is 0 Å². The number of halogens is 2. The molecule has 8 heteroatoms. The Labute approximate surface area is 119 Å². The van der Waals surface area contributed by atoms with E-state index in [1.165, 1.54) is 0 Å². The molecule has 0 aliphatic heterocycles. The van der Waals surface area contributed by atoms with Gasteiger partial charge >= 0.3 is 5.97 Å². The topological polar surface area (TPSA) is 98.5 Å². The average molecular weight is 300 g/mol. The molecule has 0 aliphatic carbocycles. The summed E-state index contributed by atoms with van der Waals surface area (Å²) in [7, 11) is 0. The summed E-state index contributed by atoms with van der Waals surface area (Å²) in [6.45, 7) is 1.68. The molecular weight excluding hydrogens is 286 g/mol. The number of hydrogen-bond acceptors (Lipinski definition) is 4. The number of carbonyl (C=O) groups is 3. The lowest BCUT2D eigenvalue weighted by Crippen LogP contribution is -2.46. The van der Waals surface area contributed by atoms with Crippen molar-refractivity contribution in [3.05, 3.63) is 35.4 Å². The van der Waals surface area contributed by atoms with Gasteiger partial charge in [0.05, 0.1) is 18.6 Å². The van der Waals surface area contributed by atoms with Crippen molar-refractivity contribution in [1.82, 2.24) is 5.32 Å². The van der Waals surface area contributed by atoms with Crippen LogP contribution < -0.4 is 11.1 Å². The van der Waals surface area contributed by atoms with Crippen LogP contribution in [-0.4, -0.2) is 30.4 Å². The van der Waals surface area contributed by atoms with Crippen LogP contribution >= 0.6 is 0 Å². The molecule has 0 aromatic heterocycles. The molecule has 0 fully saturated rings. The minimum Gasteiger partial charge on any atom is -0.466 e. The summed E-state index contributed by atoms with van der Waals surface area (Å²) in [6, 6.07) is 0.992. The Kier molecular flexibility index (Phi) is 5.77. The highest BCUT2D eigenvalue weighted by Crippen LogP contribution is 2.10. The van der Waals surface area contributed by atoms with Crippen LogP contribution in [0.4, 0.5) is 8.78 Å². The van der Waals surface area contributed by atoms with Crippen LogP contribution in [0, 0.1) is 11.6 Å². The number of esters is 1. The van der Waals surface area contributed by atoms with Gasteiger partial charge in [-0.25, -0.2) is 8.78 Å². The molecular formula is C13H14F2N2O4. The highest BCUT2D eigenvalue weighted by molar-refractivity contribution is 5.98. The largest absolute Gasteiger partial charge is 0.466 e. The Morgan fingerprint density at radius 3 is 2.52 bits per heavy atom. The first-order valence-corrected chi connectivity index (χ1v) is 6.06. The third-order valence-electron chi connectivity index (χ3n) is 2.50. The third kappa shape index (κ3) is 4.83. The molecule has 0 radical (unpaired) electrons. The van der Waals surface area contributed by atoms with Crippen LogP contribution in [0.1, 0.15) is 23.7 Å². The number of hydrogen-bond donors (Lipinski definition) is 2. The van der Waals surface area contributed by atoms with E-state index < -0.39 is 47.4 Å². The molecule has 0 bridgehead atoms. The molecule has 1 rings (SSSR count). The first-order chi connectivity index (χ1) is 9.85. The van der Waals surface area contributed by atoms with Gasteiger partial charge in [0.2, 0.25) is 5.91 Å². The van der Waals surface area contributed by atoms with Gasteiger partial charge in [-0.3, -0.25) is 14.4 Å². The van der Waals surface area contributed by atoms with Gasteiger partial charge < -0.3 is 15.8 Å². The van der Waals surface area contributed by atoms with Crippen molar-refractivity contribution in [1.29, 1.82) is 0 Å². The van der Waals surface area contributed by atoms with E-state index in [2.05, 4.69) is 10.1 Å². The van der Waals surface area contributed by atoms with Crippen molar-refractivity contribution in [2.45, 2.75) is 19.4 Å². The molecule has 0 saturated carbocycles. The summed E-state index contributed by atoms with van der Waals surface area (Å²) in [5, 5.41) is 2.11. The lowest BCUT2D eigenvalue weighted by atomic mass is 10.1. The Morgan fingerprint density at radius 1 is 1.33 bits per heavy atom. The fraction of sp³-hybridized carbons (Fsp3) is 0.308. The van der Waals surface area contributed by atoms with Crippen LogP contribution in [0.15, 0.2) is 18.2 Å². The molecule has 0 spiro atoms. The quantitative estimate of drug-likeness (QED) is 0.747. The van der Waals surface area contributed by atoms with E-state index in [-0.39, 0.29) is 6.61 Å². The number of rotatable bonds is 6. The molecule has 1 atom stereocenters. The van der Waals surface area contributed by atoms with E-state index >= 15 is 0 Å².